The predicted octanol–water partition coefficient (Wildman–Crippen LogP) is 2.14. The van der Waals surface area contributed by atoms with Crippen LogP contribution in [0.15, 0.2) is 18.2 Å². The summed E-state index contributed by atoms with van der Waals surface area (Å²) < 4.78 is 5.58. The Hall–Kier alpha value is -2.12. The van der Waals surface area contributed by atoms with Crippen molar-refractivity contribution in [2.75, 3.05) is 39.3 Å². The molecule has 3 aliphatic rings. The number of rotatable bonds is 5. The highest BCUT2D eigenvalue weighted by molar-refractivity contribution is 5.95. The van der Waals surface area contributed by atoms with Gasteiger partial charge in [0.15, 0.2) is 0 Å². The molecule has 2 unspecified atom stereocenters. The van der Waals surface area contributed by atoms with Crippen molar-refractivity contribution in [3.8, 4) is 5.75 Å². The van der Waals surface area contributed by atoms with Gasteiger partial charge in [-0.2, -0.15) is 0 Å². The maximum atomic E-state index is 12.3. The molecule has 7 nitrogen and oxygen atoms in total. The molecule has 1 aliphatic carbocycles. The molecule has 1 saturated heterocycles. The minimum Gasteiger partial charge on any atom is -0.493 e. The molecule has 0 radical (unpaired) electrons. The van der Waals surface area contributed by atoms with Gasteiger partial charge < -0.3 is 10.1 Å². The highest BCUT2D eigenvalue weighted by Crippen LogP contribution is 2.26. The van der Waals surface area contributed by atoms with Crippen LogP contribution in [0.4, 0.5) is 4.79 Å². The standard InChI is InChI=1S/C23H34N4O3/c1-17-4-2-3-5-20(17)24-23(29)25-22(28)16-27-11-9-26(10-12-27)15-18-6-7-21-19(14-18)8-13-30-21/h6-7,14,17,20H,2-5,8-13,15-16H2,1H3,(H2,24,25,28,29). The fraction of sp³-hybridized carbons (Fsp3) is 0.652. The maximum absolute atomic E-state index is 12.3. The summed E-state index contributed by atoms with van der Waals surface area (Å²) in [5.74, 6) is 1.28. The van der Waals surface area contributed by atoms with Gasteiger partial charge in [0.05, 0.1) is 13.2 Å². The van der Waals surface area contributed by atoms with Gasteiger partial charge in [-0.25, -0.2) is 4.79 Å². The highest BCUT2D eigenvalue weighted by Gasteiger charge is 2.24. The molecule has 1 saturated carbocycles. The van der Waals surface area contributed by atoms with Gasteiger partial charge in [-0.15, -0.1) is 0 Å². The number of hydrogen-bond donors (Lipinski definition) is 2. The lowest BCUT2D eigenvalue weighted by Gasteiger charge is -2.34. The van der Waals surface area contributed by atoms with E-state index in [1.165, 1.54) is 17.5 Å². The third kappa shape index (κ3) is 5.52. The number of benzene rings is 1. The van der Waals surface area contributed by atoms with Gasteiger partial charge in [-0.1, -0.05) is 31.9 Å². The lowest BCUT2D eigenvalue weighted by Crippen LogP contribution is -2.52. The number of amides is 3. The Balaban J connectivity index is 1.16. The number of urea groups is 1. The number of carbonyl (C=O) groups is 2. The molecule has 30 heavy (non-hydrogen) atoms. The summed E-state index contributed by atoms with van der Waals surface area (Å²) in [6.45, 7) is 7.68. The fourth-order valence-electron chi connectivity index (χ4n) is 4.81. The predicted molar refractivity (Wildman–Crippen MR) is 115 cm³/mol. The van der Waals surface area contributed by atoms with Crippen LogP contribution in [-0.4, -0.2) is 67.1 Å². The van der Waals surface area contributed by atoms with Crippen molar-refractivity contribution in [2.24, 2.45) is 5.92 Å². The van der Waals surface area contributed by atoms with Gasteiger partial charge in [-0.3, -0.25) is 19.9 Å². The average Bonchev–Trinajstić information content (AvgIpc) is 3.19. The lowest BCUT2D eigenvalue weighted by molar-refractivity contribution is -0.121. The van der Waals surface area contributed by atoms with Gasteiger partial charge in [0.1, 0.15) is 5.75 Å². The molecule has 7 heteroatoms. The van der Waals surface area contributed by atoms with E-state index in [-0.39, 0.29) is 24.5 Å². The second kappa shape index (κ2) is 9.79. The zero-order valence-electron chi connectivity index (χ0n) is 18.0. The molecule has 1 aromatic rings. The van der Waals surface area contributed by atoms with Crippen LogP contribution in [0, 0.1) is 5.92 Å². The largest absolute Gasteiger partial charge is 0.493 e. The molecule has 0 spiro atoms. The van der Waals surface area contributed by atoms with E-state index in [4.69, 9.17) is 4.74 Å². The molecule has 4 rings (SSSR count). The van der Waals surface area contributed by atoms with Gasteiger partial charge in [0.2, 0.25) is 5.91 Å². The molecule has 0 bridgehead atoms. The number of fused-ring (bicyclic) bond motifs is 1. The summed E-state index contributed by atoms with van der Waals surface area (Å²) in [7, 11) is 0. The summed E-state index contributed by atoms with van der Waals surface area (Å²) in [5, 5.41) is 5.50. The fourth-order valence-corrected chi connectivity index (χ4v) is 4.81. The minimum atomic E-state index is -0.349. The molecule has 3 amide bonds. The van der Waals surface area contributed by atoms with Crippen LogP contribution in [0.3, 0.4) is 0 Å². The van der Waals surface area contributed by atoms with Crippen LogP contribution in [-0.2, 0) is 17.8 Å². The van der Waals surface area contributed by atoms with E-state index in [0.29, 0.717) is 5.92 Å². The summed E-state index contributed by atoms with van der Waals surface area (Å²) in [6.07, 6.45) is 5.52. The molecular weight excluding hydrogens is 380 g/mol. The Morgan fingerprint density at radius 3 is 2.67 bits per heavy atom. The third-order valence-electron chi connectivity index (χ3n) is 6.67. The number of nitrogens with one attached hydrogen (secondary N) is 2. The van der Waals surface area contributed by atoms with Crippen molar-refractivity contribution in [3.63, 3.8) is 0 Å². The maximum Gasteiger partial charge on any atom is 0.321 e. The first-order valence-electron chi connectivity index (χ1n) is 11.4. The SMILES string of the molecule is CC1CCCCC1NC(=O)NC(=O)CN1CCN(Cc2ccc3c(c2)CCO3)CC1. The number of hydrogen-bond acceptors (Lipinski definition) is 5. The average molecular weight is 415 g/mol. The van der Waals surface area contributed by atoms with E-state index < -0.39 is 0 Å². The normalized spacial score (nSPS) is 24.7. The van der Waals surface area contributed by atoms with Gasteiger partial charge >= 0.3 is 6.03 Å². The van der Waals surface area contributed by atoms with E-state index in [0.717, 1.165) is 70.8 Å². The molecule has 0 aromatic heterocycles. The van der Waals surface area contributed by atoms with E-state index in [1.807, 2.05) is 0 Å². The molecule has 2 atom stereocenters. The Labute approximate surface area is 179 Å². The van der Waals surface area contributed by atoms with Crippen LogP contribution >= 0.6 is 0 Å². The smallest absolute Gasteiger partial charge is 0.321 e. The molecule has 2 fully saturated rings. The van der Waals surface area contributed by atoms with Crippen molar-refractivity contribution in [3.05, 3.63) is 29.3 Å². The quantitative estimate of drug-likeness (QED) is 0.772. The van der Waals surface area contributed by atoms with E-state index in [9.17, 15) is 9.59 Å². The Kier molecular flexibility index (Phi) is 6.89. The van der Waals surface area contributed by atoms with Crippen molar-refractivity contribution in [2.45, 2.75) is 51.6 Å². The van der Waals surface area contributed by atoms with Gasteiger partial charge in [-0.05, 0) is 36.0 Å². The number of ether oxygens (including phenoxy) is 1. The zero-order valence-corrected chi connectivity index (χ0v) is 18.0. The molecule has 2 heterocycles. The zero-order chi connectivity index (χ0) is 20.9. The van der Waals surface area contributed by atoms with Crippen molar-refractivity contribution >= 4 is 11.9 Å². The van der Waals surface area contributed by atoms with Crippen LogP contribution in [0.5, 0.6) is 5.75 Å². The number of imide groups is 1. The second-order valence-corrected chi connectivity index (χ2v) is 8.98. The monoisotopic (exact) mass is 414 g/mol. The molecule has 1 aromatic carbocycles. The summed E-state index contributed by atoms with van der Waals surface area (Å²) in [5.41, 5.74) is 2.63. The minimum absolute atomic E-state index is 0.181. The Morgan fingerprint density at radius 2 is 1.87 bits per heavy atom. The van der Waals surface area contributed by atoms with Crippen LogP contribution in [0.25, 0.3) is 0 Å². The number of piperazine rings is 1. The molecule has 2 N–H and O–H groups in total. The third-order valence-corrected chi connectivity index (χ3v) is 6.67. The first-order valence-corrected chi connectivity index (χ1v) is 11.4. The number of nitrogens with zero attached hydrogens (tertiary/aromatic N) is 2. The van der Waals surface area contributed by atoms with Gasteiger partial charge in [0, 0.05) is 45.2 Å². The summed E-state index contributed by atoms with van der Waals surface area (Å²) in [6, 6.07) is 6.32. The van der Waals surface area contributed by atoms with Crippen molar-refractivity contribution in [1.82, 2.24) is 20.4 Å². The van der Waals surface area contributed by atoms with Crippen molar-refractivity contribution in [1.29, 1.82) is 0 Å². The highest BCUT2D eigenvalue weighted by atomic mass is 16.5. The summed E-state index contributed by atoms with van der Waals surface area (Å²) in [4.78, 5) is 29.0. The Bertz CT molecular complexity index is 761. The summed E-state index contributed by atoms with van der Waals surface area (Å²) >= 11 is 0. The second-order valence-electron chi connectivity index (χ2n) is 8.98. The van der Waals surface area contributed by atoms with Crippen LogP contribution in [0.1, 0.15) is 43.7 Å². The lowest BCUT2D eigenvalue weighted by atomic mass is 9.86. The van der Waals surface area contributed by atoms with Crippen molar-refractivity contribution < 1.29 is 14.3 Å². The van der Waals surface area contributed by atoms with E-state index in [2.05, 4.69) is 45.6 Å². The van der Waals surface area contributed by atoms with E-state index in [1.54, 1.807) is 0 Å². The molecule has 2 aliphatic heterocycles. The topological polar surface area (TPSA) is 73.9 Å². The molecule has 164 valence electrons. The first-order chi connectivity index (χ1) is 14.6. The first kappa shape index (κ1) is 21.1. The Morgan fingerprint density at radius 1 is 1.10 bits per heavy atom. The number of carbonyl (C=O) groups excluding carboxylic acids is 2. The van der Waals surface area contributed by atoms with Gasteiger partial charge in [0.25, 0.3) is 0 Å². The molecular formula is C23H34N4O3. The van der Waals surface area contributed by atoms with Crippen LogP contribution < -0.4 is 15.4 Å². The van der Waals surface area contributed by atoms with Crippen LogP contribution in [0.2, 0.25) is 0 Å². The van der Waals surface area contributed by atoms with E-state index >= 15 is 0 Å².